The van der Waals surface area contributed by atoms with Crippen LogP contribution in [0.25, 0.3) is 11.5 Å². The number of hydrogen-bond donors (Lipinski definition) is 1. The van der Waals surface area contributed by atoms with Gasteiger partial charge >= 0.3 is 0 Å². The van der Waals surface area contributed by atoms with Crippen molar-refractivity contribution in [1.82, 2.24) is 30.3 Å². The molecule has 1 atom stereocenters. The van der Waals surface area contributed by atoms with Crippen molar-refractivity contribution >= 4 is 0 Å². The second kappa shape index (κ2) is 6.27. The average molecular weight is 284 g/mol. The van der Waals surface area contributed by atoms with E-state index < -0.39 is 0 Å². The van der Waals surface area contributed by atoms with Gasteiger partial charge in [0, 0.05) is 11.6 Å². The monoisotopic (exact) mass is 284 g/mol. The third-order valence-corrected chi connectivity index (χ3v) is 3.02. The number of benzene rings is 1. The van der Waals surface area contributed by atoms with Gasteiger partial charge in [-0.25, -0.2) is 4.98 Å². The summed E-state index contributed by atoms with van der Waals surface area (Å²) in [5.74, 6) is 1.11. The quantitative estimate of drug-likeness (QED) is 0.739. The van der Waals surface area contributed by atoms with Crippen molar-refractivity contribution in [2.24, 2.45) is 0 Å². The molecule has 0 bridgehead atoms. The Morgan fingerprint density at radius 1 is 1.24 bits per heavy atom. The minimum absolute atomic E-state index is 0.221. The summed E-state index contributed by atoms with van der Waals surface area (Å²) in [6, 6.07) is 9.94. The molecule has 0 aliphatic heterocycles. The van der Waals surface area contributed by atoms with Crippen LogP contribution in [-0.2, 0) is 13.1 Å². The highest BCUT2D eigenvalue weighted by molar-refractivity contribution is 5.51. The van der Waals surface area contributed by atoms with E-state index in [2.05, 4.69) is 32.5 Å². The maximum absolute atomic E-state index is 5.64. The summed E-state index contributed by atoms with van der Waals surface area (Å²) < 4.78 is 7.41. The zero-order chi connectivity index (χ0) is 14.5. The van der Waals surface area contributed by atoms with E-state index in [0.717, 1.165) is 12.1 Å². The summed E-state index contributed by atoms with van der Waals surface area (Å²) in [7, 11) is 0. The highest BCUT2D eigenvalue weighted by Crippen LogP contribution is 2.16. The van der Waals surface area contributed by atoms with E-state index in [4.69, 9.17) is 4.42 Å². The fourth-order valence-electron chi connectivity index (χ4n) is 1.96. The van der Waals surface area contributed by atoms with E-state index in [0.29, 0.717) is 18.3 Å². The third kappa shape index (κ3) is 3.51. The van der Waals surface area contributed by atoms with Gasteiger partial charge in [0.2, 0.25) is 11.8 Å². The Morgan fingerprint density at radius 2 is 2.10 bits per heavy atom. The fraction of sp³-hybridized carbons (Fsp3) is 0.286. The molecule has 7 heteroatoms. The lowest BCUT2D eigenvalue weighted by atomic mass is 10.2. The van der Waals surface area contributed by atoms with Gasteiger partial charge < -0.3 is 9.73 Å². The smallest absolute Gasteiger partial charge is 0.247 e. The van der Waals surface area contributed by atoms with Gasteiger partial charge in [-0.15, -0.1) is 10.2 Å². The van der Waals surface area contributed by atoms with Crippen LogP contribution in [0.2, 0.25) is 0 Å². The predicted octanol–water partition coefficient (Wildman–Crippen LogP) is 1.51. The molecule has 21 heavy (non-hydrogen) atoms. The van der Waals surface area contributed by atoms with E-state index in [1.165, 1.54) is 6.33 Å². The molecule has 1 N–H and O–H groups in total. The summed E-state index contributed by atoms with van der Waals surface area (Å²) in [4.78, 5) is 3.91. The lowest BCUT2D eigenvalue weighted by Crippen LogP contribution is -2.30. The van der Waals surface area contributed by atoms with Crippen LogP contribution in [0, 0.1) is 0 Å². The summed E-state index contributed by atoms with van der Waals surface area (Å²) in [5, 5.41) is 15.5. The third-order valence-electron chi connectivity index (χ3n) is 3.02. The molecule has 0 fully saturated rings. The predicted molar refractivity (Wildman–Crippen MR) is 76.1 cm³/mol. The molecular weight excluding hydrogens is 268 g/mol. The van der Waals surface area contributed by atoms with Gasteiger partial charge in [-0.1, -0.05) is 18.2 Å². The van der Waals surface area contributed by atoms with Crippen LogP contribution in [0.3, 0.4) is 0 Å². The second-order valence-electron chi connectivity index (χ2n) is 4.77. The van der Waals surface area contributed by atoms with Crippen LogP contribution in [0.15, 0.2) is 47.4 Å². The van der Waals surface area contributed by atoms with Crippen LogP contribution in [0.4, 0.5) is 0 Å². The van der Waals surface area contributed by atoms with Crippen molar-refractivity contribution in [1.29, 1.82) is 0 Å². The number of rotatable bonds is 6. The molecule has 3 rings (SSSR count). The highest BCUT2D eigenvalue weighted by atomic mass is 16.4. The van der Waals surface area contributed by atoms with Crippen LogP contribution >= 0.6 is 0 Å². The number of hydrogen-bond acceptors (Lipinski definition) is 6. The van der Waals surface area contributed by atoms with Crippen molar-refractivity contribution in [2.75, 3.05) is 0 Å². The lowest BCUT2D eigenvalue weighted by molar-refractivity contribution is 0.410. The van der Waals surface area contributed by atoms with Crippen molar-refractivity contribution in [2.45, 2.75) is 26.1 Å². The average Bonchev–Trinajstić information content (AvgIpc) is 3.17. The Kier molecular flexibility index (Phi) is 4.02. The Balaban J connectivity index is 1.55. The molecule has 0 saturated heterocycles. The molecule has 2 heterocycles. The molecule has 0 saturated carbocycles. The first-order valence-electron chi connectivity index (χ1n) is 6.75. The first kappa shape index (κ1) is 13.4. The highest BCUT2D eigenvalue weighted by Gasteiger charge is 2.09. The van der Waals surface area contributed by atoms with Crippen LogP contribution in [0.1, 0.15) is 12.8 Å². The molecule has 0 radical (unpaired) electrons. The SMILES string of the molecule is C[C@H](Cn1cncn1)NCc1nnc(-c2ccccc2)o1. The molecule has 0 spiro atoms. The topological polar surface area (TPSA) is 81.7 Å². The largest absolute Gasteiger partial charge is 0.419 e. The standard InChI is InChI=1S/C14H16N6O/c1-11(8-20-10-15-9-17-20)16-7-13-18-19-14(21-13)12-5-3-2-4-6-12/h2-6,9-11,16H,7-8H2,1H3/t11-/m1/s1. The van der Waals surface area contributed by atoms with E-state index >= 15 is 0 Å². The Bertz CT molecular complexity index is 664. The Hall–Kier alpha value is -2.54. The minimum atomic E-state index is 0.221. The van der Waals surface area contributed by atoms with Gasteiger partial charge in [-0.05, 0) is 19.1 Å². The summed E-state index contributed by atoms with van der Waals surface area (Å²) in [6.45, 7) is 3.32. The van der Waals surface area contributed by atoms with E-state index in [-0.39, 0.29) is 6.04 Å². The first-order chi connectivity index (χ1) is 10.3. The molecular formula is C14H16N6O. The maximum atomic E-state index is 5.64. The van der Waals surface area contributed by atoms with Crippen molar-refractivity contribution in [3.8, 4) is 11.5 Å². The molecule has 1 aromatic carbocycles. The molecule has 0 aliphatic carbocycles. The molecule has 0 unspecified atom stereocenters. The molecule has 3 aromatic rings. The van der Waals surface area contributed by atoms with E-state index in [1.54, 1.807) is 11.0 Å². The van der Waals surface area contributed by atoms with Gasteiger partial charge in [-0.2, -0.15) is 5.10 Å². The van der Waals surface area contributed by atoms with Crippen molar-refractivity contribution in [3.63, 3.8) is 0 Å². The molecule has 2 aromatic heterocycles. The number of nitrogens with zero attached hydrogens (tertiary/aromatic N) is 5. The maximum Gasteiger partial charge on any atom is 0.247 e. The van der Waals surface area contributed by atoms with Gasteiger partial charge in [0.25, 0.3) is 0 Å². The van der Waals surface area contributed by atoms with Crippen molar-refractivity contribution < 1.29 is 4.42 Å². The van der Waals surface area contributed by atoms with Crippen LogP contribution < -0.4 is 5.32 Å². The normalized spacial score (nSPS) is 12.4. The van der Waals surface area contributed by atoms with Gasteiger partial charge in [0.15, 0.2) is 0 Å². The molecule has 108 valence electrons. The Labute approximate surface area is 122 Å². The zero-order valence-electron chi connectivity index (χ0n) is 11.7. The number of aromatic nitrogens is 5. The Morgan fingerprint density at radius 3 is 2.86 bits per heavy atom. The summed E-state index contributed by atoms with van der Waals surface area (Å²) in [5.41, 5.74) is 0.923. The van der Waals surface area contributed by atoms with Crippen molar-refractivity contribution in [3.05, 3.63) is 48.9 Å². The summed E-state index contributed by atoms with van der Waals surface area (Å²) >= 11 is 0. The molecule has 0 amide bonds. The minimum Gasteiger partial charge on any atom is -0.419 e. The lowest BCUT2D eigenvalue weighted by Gasteiger charge is -2.11. The first-order valence-corrected chi connectivity index (χ1v) is 6.75. The van der Waals surface area contributed by atoms with E-state index in [1.807, 2.05) is 30.3 Å². The van der Waals surface area contributed by atoms with Gasteiger partial charge in [-0.3, -0.25) is 4.68 Å². The second-order valence-corrected chi connectivity index (χ2v) is 4.77. The summed E-state index contributed by atoms with van der Waals surface area (Å²) in [6.07, 6.45) is 3.22. The number of nitrogens with one attached hydrogen (secondary N) is 1. The van der Waals surface area contributed by atoms with Gasteiger partial charge in [0.05, 0.1) is 13.1 Å². The van der Waals surface area contributed by atoms with E-state index in [9.17, 15) is 0 Å². The molecule has 7 nitrogen and oxygen atoms in total. The molecule has 0 aliphatic rings. The van der Waals surface area contributed by atoms with Gasteiger partial charge in [0.1, 0.15) is 12.7 Å². The zero-order valence-corrected chi connectivity index (χ0v) is 11.7. The fourth-order valence-corrected chi connectivity index (χ4v) is 1.96. The van der Waals surface area contributed by atoms with Crippen LogP contribution in [0.5, 0.6) is 0 Å². The van der Waals surface area contributed by atoms with Crippen LogP contribution in [-0.4, -0.2) is 31.0 Å².